The average Bonchev–Trinajstić information content (AvgIpc) is 3.06. The SMILES string of the molecule is CC(C)O[C@]1(CCOCc2ccccc2)O[C@@H](C)[C@@H](OCc2ccccc2)[C@@H](OCc2ccccc2)[C@@H]1OCc1ccccc1. The van der Waals surface area contributed by atoms with Crippen molar-refractivity contribution in [1.29, 1.82) is 0 Å². The normalized spacial score (nSPS) is 23.3. The van der Waals surface area contributed by atoms with Gasteiger partial charge in [0.25, 0.3) is 0 Å². The Labute approximate surface area is 268 Å². The molecule has 1 saturated heterocycles. The van der Waals surface area contributed by atoms with Gasteiger partial charge in [0.1, 0.15) is 18.3 Å². The van der Waals surface area contributed by atoms with Gasteiger partial charge in [0.15, 0.2) is 5.79 Å². The van der Waals surface area contributed by atoms with Crippen molar-refractivity contribution in [2.45, 2.75) is 89.9 Å². The number of benzene rings is 4. The number of hydrogen-bond acceptors (Lipinski definition) is 6. The molecule has 6 nitrogen and oxygen atoms in total. The highest BCUT2D eigenvalue weighted by Gasteiger charge is 2.57. The maximum atomic E-state index is 6.89. The van der Waals surface area contributed by atoms with E-state index in [2.05, 4.69) is 48.5 Å². The standard InChI is InChI=1S/C39H46O6/c1-30(2)44-39(24-25-40-26-32-16-8-4-9-17-32)38(43-29-35-22-14-7-15-23-35)37(42-28-34-20-12-6-13-21-34)36(31(3)45-39)41-27-33-18-10-5-11-19-33/h4-23,30-31,36-38H,24-29H2,1-3H3/t31-,36+,37+,38-,39+/m0/s1. The second-order valence-electron chi connectivity index (χ2n) is 11.8. The van der Waals surface area contributed by atoms with Gasteiger partial charge in [-0.25, -0.2) is 0 Å². The summed E-state index contributed by atoms with van der Waals surface area (Å²) in [5.74, 6) is -1.13. The monoisotopic (exact) mass is 610 g/mol. The van der Waals surface area contributed by atoms with E-state index in [1.807, 2.05) is 93.6 Å². The van der Waals surface area contributed by atoms with Gasteiger partial charge in [0, 0.05) is 6.42 Å². The highest BCUT2D eigenvalue weighted by atomic mass is 16.7. The van der Waals surface area contributed by atoms with Crippen LogP contribution < -0.4 is 0 Å². The first-order chi connectivity index (χ1) is 22.0. The molecule has 1 fully saturated rings. The van der Waals surface area contributed by atoms with Crippen molar-refractivity contribution in [3.05, 3.63) is 144 Å². The minimum absolute atomic E-state index is 0.134. The lowest BCUT2D eigenvalue weighted by atomic mass is 9.89. The van der Waals surface area contributed by atoms with Crippen LogP contribution in [-0.2, 0) is 54.8 Å². The Morgan fingerprint density at radius 1 is 0.578 bits per heavy atom. The Morgan fingerprint density at radius 3 is 1.47 bits per heavy atom. The van der Waals surface area contributed by atoms with Gasteiger partial charge < -0.3 is 28.4 Å². The predicted octanol–water partition coefficient (Wildman–Crippen LogP) is 7.89. The summed E-state index contributed by atoms with van der Waals surface area (Å²) in [6, 6.07) is 40.7. The molecule has 0 bridgehead atoms. The Morgan fingerprint density at radius 2 is 1.00 bits per heavy atom. The highest BCUT2D eigenvalue weighted by molar-refractivity contribution is 5.16. The summed E-state index contributed by atoms with van der Waals surface area (Å²) in [7, 11) is 0. The minimum atomic E-state index is -1.13. The van der Waals surface area contributed by atoms with Crippen LogP contribution in [-0.4, -0.2) is 42.9 Å². The first-order valence-corrected chi connectivity index (χ1v) is 16.0. The molecule has 4 aromatic carbocycles. The second kappa shape index (κ2) is 16.8. The molecule has 6 heteroatoms. The van der Waals surface area contributed by atoms with Crippen LogP contribution >= 0.6 is 0 Å². The van der Waals surface area contributed by atoms with Crippen molar-refractivity contribution in [1.82, 2.24) is 0 Å². The number of hydrogen-bond donors (Lipinski definition) is 0. The van der Waals surface area contributed by atoms with E-state index in [1.54, 1.807) is 0 Å². The van der Waals surface area contributed by atoms with E-state index >= 15 is 0 Å². The van der Waals surface area contributed by atoms with Crippen molar-refractivity contribution in [2.24, 2.45) is 0 Å². The molecule has 0 N–H and O–H groups in total. The maximum absolute atomic E-state index is 6.89. The van der Waals surface area contributed by atoms with Crippen molar-refractivity contribution in [2.75, 3.05) is 6.61 Å². The smallest absolute Gasteiger partial charge is 0.200 e. The van der Waals surface area contributed by atoms with E-state index in [-0.39, 0.29) is 12.2 Å². The molecule has 0 saturated carbocycles. The summed E-state index contributed by atoms with van der Waals surface area (Å²) in [5, 5.41) is 0. The van der Waals surface area contributed by atoms with Crippen molar-refractivity contribution in [3.8, 4) is 0 Å². The van der Waals surface area contributed by atoms with Crippen LogP contribution in [0.15, 0.2) is 121 Å². The van der Waals surface area contributed by atoms with E-state index in [9.17, 15) is 0 Å². The van der Waals surface area contributed by atoms with Crippen LogP contribution in [0.4, 0.5) is 0 Å². The van der Waals surface area contributed by atoms with Gasteiger partial charge in [-0.2, -0.15) is 0 Å². The molecule has 45 heavy (non-hydrogen) atoms. The first-order valence-electron chi connectivity index (χ1n) is 16.0. The summed E-state index contributed by atoms with van der Waals surface area (Å²) in [6.07, 6.45) is -1.54. The van der Waals surface area contributed by atoms with Gasteiger partial charge >= 0.3 is 0 Å². The number of rotatable bonds is 16. The molecule has 0 spiro atoms. The third-order valence-electron chi connectivity index (χ3n) is 7.89. The summed E-state index contributed by atoms with van der Waals surface area (Å²) >= 11 is 0. The van der Waals surface area contributed by atoms with E-state index in [0.717, 1.165) is 22.3 Å². The Kier molecular flexibility index (Phi) is 12.3. The van der Waals surface area contributed by atoms with Crippen LogP contribution in [0, 0.1) is 0 Å². The first kappa shape index (κ1) is 33.0. The van der Waals surface area contributed by atoms with Gasteiger partial charge in [0.05, 0.1) is 45.2 Å². The molecule has 4 aromatic rings. The zero-order chi connectivity index (χ0) is 31.3. The summed E-state index contributed by atoms with van der Waals surface area (Å²) < 4.78 is 40.1. The third-order valence-corrected chi connectivity index (χ3v) is 7.89. The molecule has 0 radical (unpaired) electrons. The fourth-order valence-electron chi connectivity index (χ4n) is 5.80. The largest absolute Gasteiger partial charge is 0.377 e. The van der Waals surface area contributed by atoms with Gasteiger partial charge in [-0.15, -0.1) is 0 Å². The molecule has 5 rings (SSSR count). The topological polar surface area (TPSA) is 55.4 Å². The molecule has 1 aliphatic heterocycles. The molecule has 0 amide bonds. The lowest BCUT2D eigenvalue weighted by Gasteiger charge is -2.52. The lowest BCUT2D eigenvalue weighted by Crippen LogP contribution is -2.67. The summed E-state index contributed by atoms with van der Waals surface area (Å²) in [4.78, 5) is 0. The third kappa shape index (κ3) is 9.57. The molecule has 1 aliphatic rings. The van der Waals surface area contributed by atoms with E-state index in [1.165, 1.54) is 0 Å². The Balaban J connectivity index is 1.45. The van der Waals surface area contributed by atoms with Gasteiger partial charge in [-0.3, -0.25) is 0 Å². The van der Waals surface area contributed by atoms with Gasteiger partial charge in [-0.1, -0.05) is 121 Å². The number of ether oxygens (including phenoxy) is 6. The molecule has 0 unspecified atom stereocenters. The molecular formula is C39H46O6. The van der Waals surface area contributed by atoms with Gasteiger partial charge in [0.2, 0.25) is 0 Å². The van der Waals surface area contributed by atoms with Crippen LogP contribution in [0.5, 0.6) is 0 Å². The highest BCUT2D eigenvalue weighted by Crippen LogP contribution is 2.40. The van der Waals surface area contributed by atoms with Crippen molar-refractivity contribution < 1.29 is 28.4 Å². The molecule has 0 aliphatic carbocycles. The van der Waals surface area contributed by atoms with Crippen LogP contribution in [0.25, 0.3) is 0 Å². The Bertz CT molecular complexity index is 1370. The van der Waals surface area contributed by atoms with Crippen molar-refractivity contribution >= 4 is 0 Å². The lowest BCUT2D eigenvalue weighted by molar-refractivity contribution is -0.387. The predicted molar refractivity (Wildman–Crippen MR) is 175 cm³/mol. The maximum Gasteiger partial charge on any atom is 0.200 e. The Hall–Kier alpha value is -3.36. The fraction of sp³-hybridized carbons (Fsp3) is 0.385. The quantitative estimate of drug-likeness (QED) is 0.120. The molecule has 1 heterocycles. The molecule has 238 valence electrons. The molecule has 5 atom stereocenters. The second-order valence-corrected chi connectivity index (χ2v) is 11.8. The van der Waals surface area contributed by atoms with E-state index in [0.29, 0.717) is 39.5 Å². The van der Waals surface area contributed by atoms with E-state index < -0.39 is 24.1 Å². The van der Waals surface area contributed by atoms with E-state index in [4.69, 9.17) is 28.4 Å². The zero-order valence-electron chi connectivity index (χ0n) is 26.6. The summed E-state index contributed by atoms with van der Waals surface area (Å²) in [5.41, 5.74) is 4.32. The van der Waals surface area contributed by atoms with Crippen LogP contribution in [0.2, 0.25) is 0 Å². The van der Waals surface area contributed by atoms with Gasteiger partial charge in [-0.05, 0) is 43.0 Å². The average molecular weight is 611 g/mol. The van der Waals surface area contributed by atoms with Crippen molar-refractivity contribution in [3.63, 3.8) is 0 Å². The fourth-order valence-corrected chi connectivity index (χ4v) is 5.80. The molecular weight excluding hydrogens is 564 g/mol. The zero-order valence-corrected chi connectivity index (χ0v) is 26.6. The molecule has 0 aromatic heterocycles. The van der Waals surface area contributed by atoms with Crippen LogP contribution in [0.3, 0.4) is 0 Å². The summed E-state index contributed by atoms with van der Waals surface area (Å²) in [6.45, 7) is 8.18. The van der Waals surface area contributed by atoms with Crippen LogP contribution in [0.1, 0.15) is 49.4 Å². The minimum Gasteiger partial charge on any atom is -0.377 e.